The van der Waals surface area contributed by atoms with Gasteiger partial charge in [0.1, 0.15) is 18.2 Å². The molecule has 3 saturated heterocycles. The Labute approximate surface area is 214 Å². The standard InChI is InChI=1S/C25H34N6O4S/c1-5-13(2)17(11-32)31-21(23(34)27-12-30-16-9-7-6-8-15(16)28-29-30)25-14(3)10-18(36-25)19(22(33)26-4)20(25)24(31)35/h6-9,13-14,17-21,32H,5,10-12H2,1-4H3,(H,26,33)(H,27,34)/t13-,14?,17-,18-,19+,20-,21?,25?/m0/s1. The van der Waals surface area contributed by atoms with Gasteiger partial charge in [0.05, 0.1) is 34.7 Å². The van der Waals surface area contributed by atoms with Gasteiger partial charge in [-0.1, -0.05) is 44.5 Å². The van der Waals surface area contributed by atoms with Crippen molar-refractivity contribution in [3.05, 3.63) is 24.3 Å². The van der Waals surface area contributed by atoms with Crippen LogP contribution in [0.4, 0.5) is 0 Å². The first kappa shape index (κ1) is 25.0. The van der Waals surface area contributed by atoms with E-state index >= 15 is 0 Å². The molecule has 0 saturated carbocycles. The molecule has 0 radical (unpaired) electrons. The molecule has 36 heavy (non-hydrogen) atoms. The molecule has 4 heterocycles. The Balaban J connectivity index is 1.53. The largest absolute Gasteiger partial charge is 0.394 e. The van der Waals surface area contributed by atoms with Gasteiger partial charge < -0.3 is 20.6 Å². The number of benzene rings is 1. The summed E-state index contributed by atoms with van der Waals surface area (Å²) in [6.07, 6.45) is 1.52. The first-order valence-corrected chi connectivity index (χ1v) is 13.6. The Bertz CT molecular complexity index is 1190. The van der Waals surface area contributed by atoms with Gasteiger partial charge in [-0.15, -0.1) is 16.9 Å². The van der Waals surface area contributed by atoms with Gasteiger partial charge >= 0.3 is 0 Å². The maximum absolute atomic E-state index is 14.1. The molecule has 10 nitrogen and oxygen atoms in total. The number of aromatic nitrogens is 3. The number of carbonyl (C=O) groups is 3. The third kappa shape index (κ3) is 3.46. The highest BCUT2D eigenvalue weighted by Gasteiger charge is 2.76. The number of aliphatic hydroxyl groups excluding tert-OH is 1. The van der Waals surface area contributed by atoms with Gasteiger partial charge in [-0.2, -0.15) is 0 Å². The molecule has 3 fully saturated rings. The summed E-state index contributed by atoms with van der Waals surface area (Å²) in [4.78, 5) is 42.7. The number of likely N-dealkylation sites (tertiary alicyclic amines) is 1. The number of fused-ring (bicyclic) bond motifs is 2. The molecule has 1 spiro atoms. The number of amides is 3. The Kier molecular flexibility index (Phi) is 6.48. The number of rotatable bonds is 8. The number of nitrogens with one attached hydrogen (secondary N) is 2. The lowest BCUT2D eigenvalue weighted by molar-refractivity contribution is -0.144. The van der Waals surface area contributed by atoms with Gasteiger partial charge in [-0.25, -0.2) is 4.68 Å². The van der Waals surface area contributed by atoms with Crippen LogP contribution < -0.4 is 10.6 Å². The third-order valence-electron chi connectivity index (χ3n) is 8.65. The lowest BCUT2D eigenvalue weighted by Gasteiger charge is -2.41. The third-order valence-corrected chi connectivity index (χ3v) is 10.7. The van der Waals surface area contributed by atoms with Crippen LogP contribution in [-0.2, 0) is 21.1 Å². The molecule has 3 amide bonds. The van der Waals surface area contributed by atoms with Crippen LogP contribution in [0.2, 0.25) is 0 Å². The molecule has 3 aliphatic rings. The van der Waals surface area contributed by atoms with Gasteiger partial charge in [0, 0.05) is 12.3 Å². The van der Waals surface area contributed by atoms with E-state index in [0.29, 0.717) is 0 Å². The predicted molar refractivity (Wildman–Crippen MR) is 136 cm³/mol. The summed E-state index contributed by atoms with van der Waals surface area (Å²) in [5.74, 6) is -1.68. The number of aliphatic hydroxyl groups is 1. The van der Waals surface area contributed by atoms with E-state index in [0.717, 1.165) is 23.9 Å². The smallest absolute Gasteiger partial charge is 0.245 e. The topological polar surface area (TPSA) is 129 Å². The van der Waals surface area contributed by atoms with Crippen LogP contribution in [0.1, 0.15) is 33.6 Å². The summed E-state index contributed by atoms with van der Waals surface area (Å²) in [6.45, 7) is 5.94. The molecule has 0 aliphatic carbocycles. The molecule has 3 aliphatic heterocycles. The number of hydrogen-bond donors (Lipinski definition) is 3. The number of carbonyl (C=O) groups excluding carboxylic acids is 3. The quantitative estimate of drug-likeness (QED) is 0.479. The first-order valence-electron chi connectivity index (χ1n) is 12.7. The second-order valence-electron chi connectivity index (χ2n) is 10.3. The van der Waals surface area contributed by atoms with Crippen LogP contribution in [0.15, 0.2) is 24.3 Å². The molecular weight excluding hydrogens is 480 g/mol. The zero-order valence-electron chi connectivity index (χ0n) is 21.0. The van der Waals surface area contributed by atoms with Gasteiger partial charge in [-0.05, 0) is 30.4 Å². The Morgan fingerprint density at radius 2 is 2.06 bits per heavy atom. The lowest BCUT2D eigenvalue weighted by Crippen LogP contribution is -2.59. The van der Waals surface area contributed by atoms with E-state index < -0.39 is 28.7 Å². The van der Waals surface area contributed by atoms with Gasteiger partial charge in [-0.3, -0.25) is 14.4 Å². The molecule has 2 bridgehead atoms. The Hall–Kier alpha value is -2.66. The van der Waals surface area contributed by atoms with E-state index in [-0.39, 0.29) is 48.1 Å². The number of thioether (sulfide) groups is 1. The van der Waals surface area contributed by atoms with E-state index in [1.54, 1.807) is 28.4 Å². The van der Waals surface area contributed by atoms with E-state index in [1.165, 1.54) is 0 Å². The van der Waals surface area contributed by atoms with Crippen molar-refractivity contribution in [3.8, 4) is 0 Å². The van der Waals surface area contributed by atoms with Gasteiger partial charge in [0.25, 0.3) is 0 Å². The highest BCUT2D eigenvalue weighted by molar-refractivity contribution is 8.02. The minimum Gasteiger partial charge on any atom is -0.394 e. The van der Waals surface area contributed by atoms with E-state index in [2.05, 4.69) is 27.9 Å². The van der Waals surface area contributed by atoms with Crippen LogP contribution in [0.3, 0.4) is 0 Å². The summed E-state index contributed by atoms with van der Waals surface area (Å²) >= 11 is 1.63. The highest BCUT2D eigenvalue weighted by Crippen LogP contribution is 2.68. The molecule has 1 aromatic carbocycles. The monoisotopic (exact) mass is 514 g/mol. The maximum atomic E-state index is 14.1. The summed E-state index contributed by atoms with van der Waals surface area (Å²) < 4.78 is 0.895. The van der Waals surface area contributed by atoms with Crippen molar-refractivity contribution in [1.82, 2.24) is 30.5 Å². The van der Waals surface area contributed by atoms with Gasteiger partial charge in [0.2, 0.25) is 17.7 Å². The fraction of sp³-hybridized carbons (Fsp3) is 0.640. The molecule has 194 valence electrons. The van der Waals surface area contributed by atoms with Crippen molar-refractivity contribution >= 4 is 40.5 Å². The Morgan fingerprint density at radius 3 is 2.75 bits per heavy atom. The average Bonchev–Trinajstić information content (AvgIpc) is 3.60. The molecule has 3 N–H and O–H groups in total. The van der Waals surface area contributed by atoms with E-state index in [9.17, 15) is 19.5 Å². The van der Waals surface area contributed by atoms with Crippen LogP contribution in [0.25, 0.3) is 11.0 Å². The number of para-hydroxylation sites is 1. The van der Waals surface area contributed by atoms with Crippen molar-refractivity contribution in [2.24, 2.45) is 23.7 Å². The molecule has 11 heteroatoms. The maximum Gasteiger partial charge on any atom is 0.245 e. The summed E-state index contributed by atoms with van der Waals surface area (Å²) in [5, 5.41) is 24.4. The zero-order valence-corrected chi connectivity index (χ0v) is 21.9. The lowest BCUT2D eigenvalue weighted by atomic mass is 9.66. The summed E-state index contributed by atoms with van der Waals surface area (Å²) in [6, 6.07) is 6.20. The van der Waals surface area contributed by atoms with Crippen LogP contribution in [-0.4, -0.2) is 78.5 Å². The minimum absolute atomic E-state index is 0.0122. The molecule has 2 aromatic rings. The Morgan fingerprint density at radius 1 is 1.31 bits per heavy atom. The normalized spacial score (nSPS) is 32.5. The average molecular weight is 515 g/mol. The fourth-order valence-electron chi connectivity index (χ4n) is 6.68. The van der Waals surface area contributed by atoms with Crippen molar-refractivity contribution in [3.63, 3.8) is 0 Å². The zero-order chi connectivity index (χ0) is 25.8. The van der Waals surface area contributed by atoms with Crippen LogP contribution in [0.5, 0.6) is 0 Å². The molecule has 8 atom stereocenters. The molecular formula is C25H34N6O4S. The highest BCUT2D eigenvalue weighted by atomic mass is 32.2. The second kappa shape index (κ2) is 9.33. The van der Waals surface area contributed by atoms with Crippen LogP contribution >= 0.6 is 11.8 Å². The minimum atomic E-state index is -0.796. The number of nitrogens with zero attached hydrogens (tertiary/aromatic N) is 4. The second-order valence-corrected chi connectivity index (χ2v) is 11.9. The predicted octanol–water partition coefficient (Wildman–Crippen LogP) is 0.995. The number of hydrogen-bond acceptors (Lipinski definition) is 7. The van der Waals surface area contributed by atoms with Crippen molar-refractivity contribution in [2.75, 3.05) is 13.7 Å². The fourth-order valence-corrected chi connectivity index (χ4v) is 9.09. The summed E-state index contributed by atoms with van der Waals surface area (Å²) in [7, 11) is 1.59. The molecule has 3 unspecified atom stereocenters. The molecule has 5 rings (SSSR count). The van der Waals surface area contributed by atoms with Crippen LogP contribution in [0, 0.1) is 23.7 Å². The first-order chi connectivity index (χ1) is 17.3. The van der Waals surface area contributed by atoms with E-state index in [4.69, 9.17) is 0 Å². The van der Waals surface area contributed by atoms with Crippen molar-refractivity contribution in [1.29, 1.82) is 0 Å². The molecule has 1 aromatic heterocycles. The van der Waals surface area contributed by atoms with E-state index in [1.807, 2.05) is 38.1 Å². The summed E-state index contributed by atoms with van der Waals surface area (Å²) in [5.41, 5.74) is 1.53. The van der Waals surface area contributed by atoms with Crippen molar-refractivity contribution in [2.45, 2.75) is 62.4 Å². The van der Waals surface area contributed by atoms with Gasteiger partial charge in [0.15, 0.2) is 0 Å². The van der Waals surface area contributed by atoms with Crippen molar-refractivity contribution < 1.29 is 19.5 Å². The SMILES string of the molecule is CC[C@H](C)[C@H](CO)N1C(=O)[C@@H]2[C@H](C(=O)NC)[C@@H]3CC(C)C2(S3)C1C(=O)NCn1nnc2ccccc21.